The minimum Gasteiger partial charge on any atom is -0.393 e. The fourth-order valence-electron chi connectivity index (χ4n) is 2.01. The zero-order chi connectivity index (χ0) is 13.5. The van der Waals surface area contributed by atoms with Crippen molar-refractivity contribution in [1.82, 2.24) is 9.97 Å². The Morgan fingerprint density at radius 2 is 2.05 bits per heavy atom. The molecule has 3 nitrogen and oxygen atoms in total. The summed E-state index contributed by atoms with van der Waals surface area (Å²) >= 11 is 0. The van der Waals surface area contributed by atoms with Gasteiger partial charge in [0.2, 0.25) is 0 Å². The number of aliphatic hydroxyl groups excluding tert-OH is 1. The molecule has 1 unspecified atom stereocenters. The minimum atomic E-state index is -0.347. The second-order valence-corrected chi connectivity index (χ2v) is 4.77. The van der Waals surface area contributed by atoms with Gasteiger partial charge in [-0.25, -0.2) is 0 Å². The van der Waals surface area contributed by atoms with Crippen molar-refractivity contribution in [2.24, 2.45) is 0 Å². The van der Waals surface area contributed by atoms with Crippen LogP contribution in [0.5, 0.6) is 0 Å². The maximum atomic E-state index is 10.0. The number of rotatable bonds is 6. The summed E-state index contributed by atoms with van der Waals surface area (Å²) in [5.41, 5.74) is 3.35. The number of pyridine rings is 2. The van der Waals surface area contributed by atoms with Gasteiger partial charge in [0.05, 0.1) is 6.10 Å². The van der Waals surface area contributed by atoms with Gasteiger partial charge in [0, 0.05) is 30.7 Å². The molecule has 0 aromatic carbocycles. The Kier molecular flexibility index (Phi) is 5.04. The Balaban J connectivity index is 1.82. The third-order valence-electron chi connectivity index (χ3n) is 3.23. The van der Waals surface area contributed by atoms with Crippen LogP contribution in [0.4, 0.5) is 0 Å². The molecule has 0 saturated carbocycles. The number of hydrogen-bond donors (Lipinski definition) is 1. The molecule has 2 aromatic rings. The second kappa shape index (κ2) is 7.00. The molecule has 19 heavy (non-hydrogen) atoms. The normalized spacial score (nSPS) is 12.3. The van der Waals surface area contributed by atoms with Gasteiger partial charge in [-0.15, -0.1) is 0 Å². The van der Waals surface area contributed by atoms with Crippen LogP contribution in [0.15, 0.2) is 42.9 Å². The summed E-state index contributed by atoms with van der Waals surface area (Å²) in [7, 11) is 0. The first-order chi connectivity index (χ1) is 9.28. The molecular formula is C16H20N2O. The summed E-state index contributed by atoms with van der Waals surface area (Å²) in [6.45, 7) is 2.11. The quantitative estimate of drug-likeness (QED) is 0.864. The lowest BCUT2D eigenvalue weighted by molar-refractivity contribution is 0.164. The van der Waals surface area contributed by atoms with Gasteiger partial charge in [0.25, 0.3) is 0 Å². The van der Waals surface area contributed by atoms with E-state index in [2.05, 4.69) is 23.0 Å². The maximum Gasteiger partial charge on any atom is 0.0598 e. The highest BCUT2D eigenvalue weighted by atomic mass is 16.3. The van der Waals surface area contributed by atoms with Gasteiger partial charge in [-0.3, -0.25) is 9.97 Å². The Morgan fingerprint density at radius 3 is 2.68 bits per heavy atom. The summed E-state index contributed by atoms with van der Waals surface area (Å²) in [5.74, 6) is 0. The summed E-state index contributed by atoms with van der Waals surface area (Å²) in [4.78, 5) is 8.44. The van der Waals surface area contributed by atoms with Crippen molar-refractivity contribution < 1.29 is 5.11 Å². The minimum absolute atomic E-state index is 0.347. The largest absolute Gasteiger partial charge is 0.393 e. The zero-order valence-electron chi connectivity index (χ0n) is 11.3. The molecule has 0 saturated heterocycles. The molecule has 2 heterocycles. The van der Waals surface area contributed by atoms with Crippen LogP contribution in [0.3, 0.4) is 0 Å². The van der Waals surface area contributed by atoms with Crippen LogP contribution in [0.2, 0.25) is 0 Å². The summed E-state index contributed by atoms with van der Waals surface area (Å²) in [6.07, 6.45) is 8.36. The number of aliphatic hydroxyl groups is 1. The van der Waals surface area contributed by atoms with Crippen LogP contribution in [-0.4, -0.2) is 21.2 Å². The Hall–Kier alpha value is -1.74. The van der Waals surface area contributed by atoms with E-state index in [-0.39, 0.29) is 6.10 Å². The van der Waals surface area contributed by atoms with Gasteiger partial charge in [0.15, 0.2) is 0 Å². The average molecular weight is 256 g/mol. The average Bonchev–Trinajstić information content (AvgIpc) is 2.47. The molecule has 0 aliphatic carbocycles. The van der Waals surface area contributed by atoms with Gasteiger partial charge < -0.3 is 5.11 Å². The van der Waals surface area contributed by atoms with Gasteiger partial charge in [-0.05, 0) is 42.5 Å². The van der Waals surface area contributed by atoms with Crippen molar-refractivity contribution in [3.63, 3.8) is 0 Å². The highest BCUT2D eigenvalue weighted by Crippen LogP contribution is 2.09. The lowest BCUT2D eigenvalue weighted by Gasteiger charge is -2.10. The zero-order valence-corrected chi connectivity index (χ0v) is 11.3. The van der Waals surface area contributed by atoms with Crippen molar-refractivity contribution in [1.29, 1.82) is 0 Å². The van der Waals surface area contributed by atoms with Crippen LogP contribution in [0.1, 0.15) is 30.2 Å². The standard InChI is InChI=1S/C16H20N2O/c1-2-13-5-7-15(18-12-13)10-16(19)8-6-14-4-3-9-17-11-14/h3-5,7,9,11-12,16,19H,2,6,8,10H2,1H3. The van der Waals surface area contributed by atoms with Gasteiger partial charge in [0.1, 0.15) is 0 Å². The lowest BCUT2D eigenvalue weighted by Crippen LogP contribution is -2.12. The van der Waals surface area contributed by atoms with Gasteiger partial charge >= 0.3 is 0 Å². The van der Waals surface area contributed by atoms with E-state index in [1.807, 2.05) is 30.6 Å². The van der Waals surface area contributed by atoms with E-state index in [0.29, 0.717) is 6.42 Å². The molecule has 0 aliphatic heterocycles. The van der Waals surface area contributed by atoms with Crippen molar-refractivity contribution in [2.45, 2.75) is 38.7 Å². The number of hydrogen-bond acceptors (Lipinski definition) is 3. The first kappa shape index (κ1) is 13.7. The Labute approximate surface area is 114 Å². The fraction of sp³-hybridized carbons (Fsp3) is 0.375. The monoisotopic (exact) mass is 256 g/mol. The smallest absolute Gasteiger partial charge is 0.0598 e. The molecular weight excluding hydrogens is 236 g/mol. The van der Waals surface area contributed by atoms with Crippen LogP contribution >= 0.6 is 0 Å². The Bertz CT molecular complexity index is 482. The molecule has 0 bridgehead atoms. The fourth-order valence-corrected chi connectivity index (χ4v) is 2.01. The van der Waals surface area contributed by atoms with Crippen LogP contribution in [-0.2, 0) is 19.3 Å². The highest BCUT2D eigenvalue weighted by molar-refractivity contribution is 5.14. The van der Waals surface area contributed by atoms with Crippen LogP contribution in [0.25, 0.3) is 0 Å². The molecule has 0 aliphatic rings. The van der Waals surface area contributed by atoms with Crippen LogP contribution in [0, 0.1) is 0 Å². The predicted octanol–water partition coefficient (Wildman–Crippen LogP) is 2.58. The van der Waals surface area contributed by atoms with Gasteiger partial charge in [-0.2, -0.15) is 0 Å². The molecule has 0 fully saturated rings. The molecule has 3 heteroatoms. The van der Waals surface area contributed by atoms with Crippen molar-refractivity contribution >= 4 is 0 Å². The SMILES string of the molecule is CCc1ccc(CC(O)CCc2cccnc2)nc1. The molecule has 1 N–H and O–H groups in total. The molecule has 0 radical (unpaired) electrons. The first-order valence-electron chi connectivity index (χ1n) is 6.78. The van der Waals surface area contributed by atoms with E-state index < -0.39 is 0 Å². The molecule has 2 aromatic heterocycles. The maximum absolute atomic E-state index is 10.0. The third-order valence-corrected chi connectivity index (χ3v) is 3.23. The molecule has 1 atom stereocenters. The third kappa shape index (κ3) is 4.45. The molecule has 0 spiro atoms. The Morgan fingerprint density at radius 1 is 1.16 bits per heavy atom. The van der Waals surface area contributed by atoms with E-state index in [9.17, 15) is 5.11 Å². The number of nitrogens with zero attached hydrogens (tertiary/aromatic N) is 2. The van der Waals surface area contributed by atoms with Crippen molar-refractivity contribution in [2.75, 3.05) is 0 Å². The summed E-state index contributed by atoms with van der Waals surface area (Å²) in [6, 6.07) is 8.04. The number of aryl methyl sites for hydroxylation is 2. The van der Waals surface area contributed by atoms with E-state index >= 15 is 0 Å². The van der Waals surface area contributed by atoms with Gasteiger partial charge in [-0.1, -0.05) is 19.1 Å². The van der Waals surface area contributed by atoms with Crippen molar-refractivity contribution in [3.8, 4) is 0 Å². The second-order valence-electron chi connectivity index (χ2n) is 4.77. The van der Waals surface area contributed by atoms with Crippen molar-refractivity contribution in [3.05, 3.63) is 59.7 Å². The molecule has 2 rings (SSSR count). The highest BCUT2D eigenvalue weighted by Gasteiger charge is 2.07. The van der Waals surface area contributed by atoms with E-state index in [1.165, 1.54) is 5.56 Å². The van der Waals surface area contributed by atoms with E-state index in [1.54, 1.807) is 6.20 Å². The molecule has 0 amide bonds. The van der Waals surface area contributed by atoms with E-state index in [0.717, 1.165) is 30.5 Å². The predicted molar refractivity (Wildman–Crippen MR) is 75.9 cm³/mol. The number of aromatic nitrogens is 2. The lowest BCUT2D eigenvalue weighted by atomic mass is 10.0. The van der Waals surface area contributed by atoms with Crippen LogP contribution < -0.4 is 0 Å². The molecule has 100 valence electrons. The summed E-state index contributed by atoms with van der Waals surface area (Å²) < 4.78 is 0. The topological polar surface area (TPSA) is 46.0 Å². The first-order valence-corrected chi connectivity index (χ1v) is 6.78. The van der Waals surface area contributed by atoms with E-state index in [4.69, 9.17) is 0 Å². The summed E-state index contributed by atoms with van der Waals surface area (Å²) in [5, 5.41) is 10.0.